The molecule has 1 heterocycles. The third-order valence-electron chi connectivity index (χ3n) is 4.19. The van der Waals surface area contributed by atoms with E-state index >= 15 is 0 Å². The van der Waals surface area contributed by atoms with Crippen molar-refractivity contribution in [3.63, 3.8) is 0 Å². The minimum atomic E-state index is -0.635. The standard InChI is InChI=1S/C23H15F2NO3/c24-18-8-3-5-15(11-18)14-28-21-10-2-1-6-16(21)13-20-23(27)29-22(26-20)17-7-4-9-19(25)12-17/h1-13H,14H2/b20-13+. The highest BCUT2D eigenvalue weighted by Gasteiger charge is 2.24. The van der Waals surface area contributed by atoms with Gasteiger partial charge in [0, 0.05) is 11.1 Å². The van der Waals surface area contributed by atoms with Crippen LogP contribution in [0, 0.1) is 11.6 Å². The first-order chi connectivity index (χ1) is 14.1. The Morgan fingerprint density at radius 3 is 2.48 bits per heavy atom. The Hall–Kier alpha value is -3.80. The van der Waals surface area contributed by atoms with Crippen molar-refractivity contribution < 1.29 is 23.0 Å². The number of nitrogens with zero attached hydrogens (tertiary/aromatic N) is 1. The van der Waals surface area contributed by atoms with Gasteiger partial charge in [-0.1, -0.05) is 36.4 Å². The van der Waals surface area contributed by atoms with E-state index in [4.69, 9.17) is 9.47 Å². The molecule has 0 amide bonds. The van der Waals surface area contributed by atoms with E-state index in [1.54, 1.807) is 42.5 Å². The second-order valence-electron chi connectivity index (χ2n) is 6.30. The lowest BCUT2D eigenvalue weighted by Crippen LogP contribution is -2.05. The quantitative estimate of drug-likeness (QED) is 0.460. The number of halogens is 2. The number of benzene rings is 3. The number of esters is 1. The van der Waals surface area contributed by atoms with Gasteiger partial charge in [0.15, 0.2) is 5.70 Å². The lowest BCUT2D eigenvalue weighted by atomic mass is 10.1. The summed E-state index contributed by atoms with van der Waals surface area (Å²) in [6.07, 6.45) is 1.54. The van der Waals surface area contributed by atoms with Crippen LogP contribution in [0.2, 0.25) is 0 Å². The minimum absolute atomic E-state index is 0.0407. The Labute approximate surface area is 165 Å². The molecule has 0 unspecified atom stereocenters. The van der Waals surface area contributed by atoms with Crippen molar-refractivity contribution in [3.05, 3.63) is 107 Å². The number of hydrogen-bond acceptors (Lipinski definition) is 4. The number of carbonyl (C=O) groups is 1. The average molecular weight is 391 g/mol. The van der Waals surface area contributed by atoms with Gasteiger partial charge in [0.2, 0.25) is 5.90 Å². The van der Waals surface area contributed by atoms with Crippen LogP contribution in [0.25, 0.3) is 6.08 Å². The molecule has 1 aliphatic rings. The van der Waals surface area contributed by atoms with E-state index in [2.05, 4.69) is 4.99 Å². The van der Waals surface area contributed by atoms with Gasteiger partial charge in [-0.15, -0.1) is 0 Å². The molecule has 4 rings (SSSR count). The third-order valence-corrected chi connectivity index (χ3v) is 4.19. The first-order valence-corrected chi connectivity index (χ1v) is 8.83. The number of hydrogen-bond donors (Lipinski definition) is 0. The second-order valence-corrected chi connectivity index (χ2v) is 6.30. The molecule has 0 N–H and O–H groups in total. The Balaban J connectivity index is 1.58. The van der Waals surface area contributed by atoms with E-state index in [1.807, 2.05) is 0 Å². The van der Waals surface area contributed by atoms with Crippen molar-refractivity contribution in [2.24, 2.45) is 4.99 Å². The summed E-state index contributed by atoms with van der Waals surface area (Å²) in [4.78, 5) is 16.4. The van der Waals surface area contributed by atoms with Crippen LogP contribution in [0.1, 0.15) is 16.7 Å². The molecule has 1 aliphatic heterocycles. The van der Waals surface area contributed by atoms with Crippen LogP contribution >= 0.6 is 0 Å². The van der Waals surface area contributed by atoms with Crippen molar-refractivity contribution in [3.8, 4) is 5.75 Å². The lowest BCUT2D eigenvalue weighted by Gasteiger charge is -2.09. The molecule has 0 atom stereocenters. The van der Waals surface area contributed by atoms with Gasteiger partial charge in [-0.05, 0) is 48.0 Å². The van der Waals surface area contributed by atoms with Crippen LogP contribution in [0.3, 0.4) is 0 Å². The molecule has 144 valence electrons. The Morgan fingerprint density at radius 1 is 0.931 bits per heavy atom. The molecule has 0 saturated carbocycles. The van der Waals surface area contributed by atoms with Crippen molar-refractivity contribution in [1.82, 2.24) is 0 Å². The molecule has 29 heavy (non-hydrogen) atoms. The maximum absolute atomic E-state index is 13.4. The monoisotopic (exact) mass is 391 g/mol. The summed E-state index contributed by atoms with van der Waals surface area (Å²) in [5, 5.41) is 0. The number of ether oxygens (including phenoxy) is 2. The molecule has 3 aromatic rings. The molecule has 0 fully saturated rings. The third kappa shape index (κ3) is 4.38. The van der Waals surface area contributed by atoms with Crippen molar-refractivity contribution in [1.29, 1.82) is 0 Å². The zero-order valence-electron chi connectivity index (χ0n) is 15.1. The summed E-state index contributed by atoms with van der Waals surface area (Å²) in [7, 11) is 0. The number of carbonyl (C=O) groups excluding carboxylic acids is 1. The molecule has 0 saturated heterocycles. The van der Waals surface area contributed by atoms with Crippen LogP contribution in [0.5, 0.6) is 5.75 Å². The summed E-state index contributed by atoms with van der Waals surface area (Å²) in [5.41, 5.74) is 1.74. The second kappa shape index (κ2) is 8.06. The smallest absolute Gasteiger partial charge is 0.363 e. The van der Waals surface area contributed by atoms with Gasteiger partial charge in [-0.2, -0.15) is 0 Å². The lowest BCUT2D eigenvalue weighted by molar-refractivity contribution is -0.129. The number of para-hydroxylation sites is 1. The van der Waals surface area contributed by atoms with E-state index in [-0.39, 0.29) is 24.0 Å². The van der Waals surface area contributed by atoms with Gasteiger partial charge in [0.25, 0.3) is 0 Å². The zero-order valence-corrected chi connectivity index (χ0v) is 15.1. The zero-order chi connectivity index (χ0) is 20.2. The van der Waals surface area contributed by atoms with Gasteiger partial charge in [0.1, 0.15) is 24.0 Å². The summed E-state index contributed by atoms with van der Waals surface area (Å²) >= 11 is 0. The maximum Gasteiger partial charge on any atom is 0.363 e. The summed E-state index contributed by atoms with van der Waals surface area (Å²) < 4.78 is 37.7. The predicted octanol–water partition coefficient (Wildman–Crippen LogP) is 4.89. The minimum Gasteiger partial charge on any atom is -0.488 e. The Kier molecular flexibility index (Phi) is 5.16. The molecule has 4 nitrogen and oxygen atoms in total. The van der Waals surface area contributed by atoms with E-state index in [1.165, 1.54) is 36.4 Å². The van der Waals surface area contributed by atoms with Gasteiger partial charge < -0.3 is 9.47 Å². The fourth-order valence-electron chi connectivity index (χ4n) is 2.82. The molecule has 0 aliphatic carbocycles. The Bertz CT molecular complexity index is 1140. The van der Waals surface area contributed by atoms with Crippen LogP contribution in [0.15, 0.2) is 83.5 Å². The van der Waals surface area contributed by atoms with Gasteiger partial charge >= 0.3 is 5.97 Å². The topological polar surface area (TPSA) is 47.9 Å². The molecular weight excluding hydrogens is 376 g/mol. The van der Waals surface area contributed by atoms with Crippen LogP contribution in [-0.4, -0.2) is 11.9 Å². The molecule has 3 aromatic carbocycles. The fraction of sp³-hybridized carbons (Fsp3) is 0.0435. The first-order valence-electron chi connectivity index (χ1n) is 8.83. The molecule has 0 aromatic heterocycles. The van der Waals surface area contributed by atoms with Gasteiger partial charge in [0.05, 0.1) is 0 Å². The van der Waals surface area contributed by atoms with Crippen molar-refractivity contribution >= 4 is 17.9 Å². The molecule has 0 radical (unpaired) electrons. The van der Waals surface area contributed by atoms with Crippen molar-refractivity contribution in [2.75, 3.05) is 0 Å². The highest BCUT2D eigenvalue weighted by molar-refractivity contribution is 6.12. The van der Waals surface area contributed by atoms with E-state index in [0.29, 0.717) is 22.4 Å². The molecular formula is C23H15F2NO3. The highest BCUT2D eigenvalue weighted by atomic mass is 19.1. The highest BCUT2D eigenvalue weighted by Crippen LogP contribution is 2.25. The van der Waals surface area contributed by atoms with Gasteiger partial charge in [-0.3, -0.25) is 0 Å². The van der Waals surface area contributed by atoms with E-state index in [0.717, 1.165) is 0 Å². The van der Waals surface area contributed by atoms with Crippen LogP contribution < -0.4 is 4.74 Å². The summed E-state index contributed by atoms with van der Waals surface area (Å²) in [6, 6.07) is 18.9. The summed E-state index contributed by atoms with van der Waals surface area (Å²) in [6.45, 7) is 0.167. The van der Waals surface area contributed by atoms with Crippen LogP contribution in [0.4, 0.5) is 8.78 Å². The summed E-state index contributed by atoms with van der Waals surface area (Å²) in [5.74, 6) is -0.876. The van der Waals surface area contributed by atoms with E-state index < -0.39 is 11.8 Å². The first kappa shape index (κ1) is 18.6. The molecule has 6 heteroatoms. The maximum atomic E-state index is 13.4. The number of aliphatic imine (C=N–C) groups is 1. The predicted molar refractivity (Wildman–Crippen MR) is 104 cm³/mol. The van der Waals surface area contributed by atoms with Gasteiger partial charge in [-0.25, -0.2) is 18.6 Å². The van der Waals surface area contributed by atoms with E-state index in [9.17, 15) is 13.6 Å². The SMILES string of the molecule is O=C1OC(c2cccc(F)c2)=N/C1=C/c1ccccc1OCc1cccc(F)c1. The Morgan fingerprint density at radius 2 is 1.69 bits per heavy atom. The molecule has 0 spiro atoms. The van der Waals surface area contributed by atoms with Crippen LogP contribution in [-0.2, 0) is 16.1 Å². The largest absolute Gasteiger partial charge is 0.488 e. The van der Waals surface area contributed by atoms with Crippen molar-refractivity contribution in [2.45, 2.75) is 6.61 Å². The molecule has 0 bridgehead atoms. The number of rotatable bonds is 5. The number of cyclic esters (lactones) is 1. The average Bonchev–Trinajstić information content (AvgIpc) is 3.08. The normalized spacial score (nSPS) is 14.6. The fourth-order valence-corrected chi connectivity index (χ4v) is 2.82.